The van der Waals surface area contributed by atoms with Crippen LogP contribution in [0.15, 0.2) is 52.4 Å². The molecule has 0 bridgehead atoms. The van der Waals surface area contributed by atoms with Gasteiger partial charge in [-0.15, -0.1) is 11.3 Å². The standard InChI is InChI=1S/C21H25BrN4S/c1-26(2)14-5-3-4-7-16-8-6-9-17(15-16)24-21-23-13-12-18(25-21)19-10-11-20(22)27-19/h6,8-13,15H,3-5,7,14H2,1-2H3,(H,23,24,25). The second kappa shape index (κ2) is 9.97. The van der Waals surface area contributed by atoms with E-state index in [4.69, 9.17) is 0 Å². The zero-order valence-corrected chi connectivity index (χ0v) is 18.2. The lowest BCUT2D eigenvalue weighted by molar-refractivity contribution is 0.391. The van der Waals surface area contributed by atoms with Crippen molar-refractivity contribution < 1.29 is 0 Å². The molecule has 6 heteroatoms. The van der Waals surface area contributed by atoms with Crippen molar-refractivity contribution in [1.29, 1.82) is 0 Å². The van der Waals surface area contributed by atoms with Gasteiger partial charge in [-0.25, -0.2) is 9.97 Å². The molecule has 27 heavy (non-hydrogen) atoms. The van der Waals surface area contributed by atoms with E-state index < -0.39 is 0 Å². The molecule has 1 N–H and O–H groups in total. The molecule has 0 aliphatic carbocycles. The Hall–Kier alpha value is -1.76. The van der Waals surface area contributed by atoms with Crippen LogP contribution in [0.25, 0.3) is 10.6 Å². The van der Waals surface area contributed by atoms with Gasteiger partial charge in [-0.3, -0.25) is 0 Å². The number of unbranched alkanes of at least 4 members (excludes halogenated alkanes) is 2. The van der Waals surface area contributed by atoms with E-state index in [2.05, 4.69) is 80.5 Å². The van der Waals surface area contributed by atoms with Gasteiger partial charge in [0.1, 0.15) is 0 Å². The maximum absolute atomic E-state index is 4.65. The van der Waals surface area contributed by atoms with Gasteiger partial charge in [-0.1, -0.05) is 18.6 Å². The summed E-state index contributed by atoms with van der Waals surface area (Å²) < 4.78 is 1.10. The lowest BCUT2D eigenvalue weighted by Gasteiger charge is -2.10. The molecule has 0 unspecified atom stereocenters. The van der Waals surface area contributed by atoms with Crippen molar-refractivity contribution in [3.05, 3.63) is 58.0 Å². The number of halogens is 1. The van der Waals surface area contributed by atoms with E-state index >= 15 is 0 Å². The van der Waals surface area contributed by atoms with Gasteiger partial charge in [0, 0.05) is 11.9 Å². The van der Waals surface area contributed by atoms with E-state index in [1.54, 1.807) is 17.5 Å². The Morgan fingerprint density at radius 2 is 1.96 bits per heavy atom. The Kier molecular flexibility index (Phi) is 7.38. The number of rotatable bonds is 9. The van der Waals surface area contributed by atoms with Gasteiger partial charge in [-0.05, 0) is 91.7 Å². The lowest BCUT2D eigenvalue weighted by Crippen LogP contribution is -2.12. The summed E-state index contributed by atoms with van der Waals surface area (Å²) in [5.41, 5.74) is 3.31. The maximum atomic E-state index is 4.65. The fourth-order valence-corrected chi connectivity index (χ4v) is 4.23. The van der Waals surface area contributed by atoms with Crippen molar-refractivity contribution in [3.8, 4) is 10.6 Å². The summed E-state index contributed by atoms with van der Waals surface area (Å²) in [7, 11) is 4.26. The molecule has 0 aliphatic rings. The first-order chi connectivity index (χ1) is 13.1. The topological polar surface area (TPSA) is 41.0 Å². The molecule has 2 aromatic heterocycles. The number of aromatic nitrogens is 2. The average Bonchev–Trinajstić information content (AvgIpc) is 3.08. The Bertz CT molecular complexity index is 863. The molecule has 0 saturated carbocycles. The molecule has 142 valence electrons. The molecular weight excluding hydrogens is 420 g/mol. The van der Waals surface area contributed by atoms with Crippen LogP contribution in [0.1, 0.15) is 24.8 Å². The molecule has 0 radical (unpaired) electrons. The number of hydrogen-bond donors (Lipinski definition) is 1. The zero-order valence-electron chi connectivity index (χ0n) is 15.8. The first kappa shape index (κ1) is 20.0. The number of benzene rings is 1. The molecule has 2 heterocycles. The molecule has 4 nitrogen and oxygen atoms in total. The van der Waals surface area contributed by atoms with Crippen molar-refractivity contribution >= 4 is 38.9 Å². The number of nitrogens with zero attached hydrogens (tertiary/aromatic N) is 3. The predicted octanol–water partition coefficient (Wildman–Crippen LogP) is 5.99. The van der Waals surface area contributed by atoms with Crippen molar-refractivity contribution in [2.45, 2.75) is 25.7 Å². The second-order valence-electron chi connectivity index (χ2n) is 6.81. The Morgan fingerprint density at radius 3 is 2.74 bits per heavy atom. The van der Waals surface area contributed by atoms with Crippen molar-refractivity contribution in [2.75, 3.05) is 26.0 Å². The first-order valence-electron chi connectivity index (χ1n) is 9.19. The smallest absolute Gasteiger partial charge is 0.227 e. The highest BCUT2D eigenvalue weighted by Crippen LogP contribution is 2.30. The summed E-state index contributed by atoms with van der Waals surface area (Å²) in [5.74, 6) is 0.625. The van der Waals surface area contributed by atoms with Crippen LogP contribution in [0.3, 0.4) is 0 Å². The van der Waals surface area contributed by atoms with Crippen LogP contribution >= 0.6 is 27.3 Å². The first-order valence-corrected chi connectivity index (χ1v) is 10.8. The number of nitrogens with one attached hydrogen (secondary N) is 1. The minimum Gasteiger partial charge on any atom is -0.324 e. The van der Waals surface area contributed by atoms with Crippen molar-refractivity contribution in [1.82, 2.24) is 14.9 Å². The predicted molar refractivity (Wildman–Crippen MR) is 119 cm³/mol. The van der Waals surface area contributed by atoms with Crippen molar-refractivity contribution in [2.24, 2.45) is 0 Å². The SMILES string of the molecule is CN(C)CCCCCc1cccc(Nc2nccc(-c3ccc(Br)s3)n2)c1. The molecule has 0 aliphatic heterocycles. The highest BCUT2D eigenvalue weighted by molar-refractivity contribution is 9.11. The fraction of sp³-hybridized carbons (Fsp3) is 0.333. The van der Waals surface area contributed by atoms with Gasteiger partial charge in [0.05, 0.1) is 14.4 Å². The molecule has 3 rings (SSSR count). The van der Waals surface area contributed by atoms with Gasteiger partial charge in [0.25, 0.3) is 0 Å². The van der Waals surface area contributed by atoms with Crippen LogP contribution in [0.5, 0.6) is 0 Å². The van der Waals surface area contributed by atoms with E-state index in [9.17, 15) is 0 Å². The van der Waals surface area contributed by atoms with Gasteiger partial charge in [-0.2, -0.15) is 0 Å². The summed E-state index contributed by atoms with van der Waals surface area (Å²) in [6, 6.07) is 14.6. The molecular formula is C21H25BrN4S. The summed E-state index contributed by atoms with van der Waals surface area (Å²) >= 11 is 5.17. The van der Waals surface area contributed by atoms with E-state index in [1.165, 1.54) is 24.8 Å². The van der Waals surface area contributed by atoms with E-state index in [0.717, 1.165) is 33.0 Å². The molecule has 0 saturated heterocycles. The summed E-state index contributed by atoms with van der Waals surface area (Å²) in [6.45, 7) is 1.16. The molecule has 1 aromatic carbocycles. The summed E-state index contributed by atoms with van der Waals surface area (Å²) in [6.07, 6.45) is 6.64. The van der Waals surface area contributed by atoms with Crippen molar-refractivity contribution in [3.63, 3.8) is 0 Å². The normalized spacial score (nSPS) is 11.1. The van der Waals surface area contributed by atoms with Gasteiger partial charge < -0.3 is 10.2 Å². The Labute approximate surface area is 173 Å². The number of aryl methyl sites for hydroxylation is 1. The molecule has 0 fully saturated rings. The third kappa shape index (κ3) is 6.41. The fourth-order valence-electron chi connectivity index (χ4n) is 2.88. The Balaban J connectivity index is 1.59. The van der Waals surface area contributed by atoms with Crippen LogP contribution in [0.4, 0.5) is 11.6 Å². The summed E-state index contributed by atoms with van der Waals surface area (Å²) in [4.78, 5) is 12.4. The molecule has 3 aromatic rings. The highest BCUT2D eigenvalue weighted by atomic mass is 79.9. The summed E-state index contributed by atoms with van der Waals surface area (Å²) in [5, 5.41) is 3.34. The Morgan fingerprint density at radius 1 is 1.07 bits per heavy atom. The quantitative estimate of drug-likeness (QED) is 0.411. The second-order valence-corrected chi connectivity index (χ2v) is 9.27. The maximum Gasteiger partial charge on any atom is 0.227 e. The number of hydrogen-bond acceptors (Lipinski definition) is 5. The third-order valence-electron chi connectivity index (χ3n) is 4.24. The van der Waals surface area contributed by atoms with Crippen LogP contribution in [0.2, 0.25) is 0 Å². The van der Waals surface area contributed by atoms with Crippen LogP contribution in [-0.2, 0) is 6.42 Å². The van der Waals surface area contributed by atoms with E-state index in [0.29, 0.717) is 5.95 Å². The van der Waals surface area contributed by atoms with Gasteiger partial charge in [0.2, 0.25) is 5.95 Å². The van der Waals surface area contributed by atoms with Gasteiger partial charge in [0.15, 0.2) is 0 Å². The highest BCUT2D eigenvalue weighted by Gasteiger charge is 2.06. The molecule has 0 spiro atoms. The monoisotopic (exact) mass is 444 g/mol. The zero-order chi connectivity index (χ0) is 19.1. The minimum absolute atomic E-state index is 0.625. The average molecular weight is 445 g/mol. The lowest BCUT2D eigenvalue weighted by atomic mass is 10.1. The van der Waals surface area contributed by atoms with E-state index in [-0.39, 0.29) is 0 Å². The minimum atomic E-state index is 0.625. The van der Waals surface area contributed by atoms with Gasteiger partial charge >= 0.3 is 0 Å². The number of anilines is 2. The van der Waals surface area contributed by atoms with Crippen LogP contribution in [0, 0.1) is 0 Å². The molecule has 0 amide bonds. The van der Waals surface area contributed by atoms with Crippen LogP contribution in [-0.4, -0.2) is 35.5 Å². The molecule has 0 atom stereocenters. The third-order valence-corrected chi connectivity index (χ3v) is 5.88. The van der Waals surface area contributed by atoms with Crippen LogP contribution < -0.4 is 5.32 Å². The number of thiophene rings is 1. The largest absolute Gasteiger partial charge is 0.324 e. The van der Waals surface area contributed by atoms with E-state index in [1.807, 2.05) is 12.1 Å².